The number of unbranched alkanes of at least 4 members (excludes halogenated alkanes) is 6. The third-order valence-electron chi connectivity index (χ3n) is 3.87. The molecule has 2 nitrogen and oxygen atoms in total. The quantitative estimate of drug-likeness (QED) is 0.300. The molecule has 1 aromatic rings. The van der Waals surface area contributed by atoms with Crippen LogP contribution in [0.4, 0.5) is 0 Å². The minimum atomic E-state index is -0.201. The first-order chi connectivity index (χ1) is 10.8. The highest BCUT2D eigenvalue weighted by Gasteiger charge is 2.15. The van der Waals surface area contributed by atoms with E-state index in [2.05, 4.69) is 13.0 Å². The van der Waals surface area contributed by atoms with Crippen molar-refractivity contribution in [2.45, 2.75) is 64.7 Å². The van der Waals surface area contributed by atoms with E-state index < -0.39 is 0 Å². The molecule has 0 fully saturated rings. The summed E-state index contributed by atoms with van der Waals surface area (Å²) in [5.41, 5.74) is 1.00. The van der Waals surface area contributed by atoms with Gasteiger partial charge in [-0.25, -0.2) is 0 Å². The van der Waals surface area contributed by atoms with Crippen LogP contribution < -0.4 is 0 Å². The Morgan fingerprint density at radius 2 is 1.73 bits per heavy atom. The van der Waals surface area contributed by atoms with Crippen molar-refractivity contribution in [3.8, 4) is 0 Å². The van der Waals surface area contributed by atoms with Crippen LogP contribution in [-0.2, 0) is 9.53 Å². The predicted octanol–water partition coefficient (Wildman–Crippen LogP) is 5.64. The zero-order valence-electron chi connectivity index (χ0n) is 14.1. The Bertz CT molecular complexity index is 423. The first kappa shape index (κ1) is 18.5. The normalized spacial score (nSPS) is 12.5. The van der Waals surface area contributed by atoms with Crippen molar-refractivity contribution in [2.24, 2.45) is 0 Å². The third kappa shape index (κ3) is 8.02. The Kier molecular flexibility index (Phi) is 10.1. The van der Waals surface area contributed by atoms with Crippen molar-refractivity contribution >= 4 is 5.97 Å². The third-order valence-corrected chi connectivity index (χ3v) is 3.87. The Morgan fingerprint density at radius 1 is 1.05 bits per heavy atom. The molecule has 122 valence electrons. The molecule has 1 aromatic carbocycles. The minimum absolute atomic E-state index is 0.157. The number of benzene rings is 1. The molecule has 0 aliphatic rings. The predicted molar refractivity (Wildman–Crippen MR) is 92.9 cm³/mol. The summed E-state index contributed by atoms with van der Waals surface area (Å²) >= 11 is 0. The number of carbonyl (C=O) groups is 1. The van der Waals surface area contributed by atoms with E-state index in [4.69, 9.17) is 4.74 Å². The van der Waals surface area contributed by atoms with Crippen LogP contribution in [0.5, 0.6) is 0 Å². The van der Waals surface area contributed by atoms with Crippen molar-refractivity contribution in [1.29, 1.82) is 0 Å². The molecule has 1 unspecified atom stereocenters. The van der Waals surface area contributed by atoms with Crippen LogP contribution in [0.2, 0.25) is 0 Å². The van der Waals surface area contributed by atoms with Gasteiger partial charge in [0.1, 0.15) is 6.61 Å². The van der Waals surface area contributed by atoms with E-state index in [1.807, 2.05) is 43.3 Å². The second-order valence-electron chi connectivity index (χ2n) is 5.79. The lowest BCUT2D eigenvalue weighted by molar-refractivity contribution is -0.143. The molecular formula is C20H30O2. The summed E-state index contributed by atoms with van der Waals surface area (Å²) in [5, 5.41) is 0. The van der Waals surface area contributed by atoms with E-state index in [-0.39, 0.29) is 11.9 Å². The molecule has 0 aliphatic carbocycles. The number of allylic oxidation sites excluding steroid dienone is 1. The van der Waals surface area contributed by atoms with Crippen molar-refractivity contribution in [2.75, 3.05) is 6.61 Å². The molecular weight excluding hydrogens is 272 g/mol. The van der Waals surface area contributed by atoms with Crippen molar-refractivity contribution in [1.82, 2.24) is 0 Å². The Labute approximate surface area is 135 Å². The topological polar surface area (TPSA) is 26.3 Å². The number of hydrogen-bond acceptors (Lipinski definition) is 2. The highest BCUT2D eigenvalue weighted by Crippen LogP contribution is 2.16. The lowest BCUT2D eigenvalue weighted by atomic mass is 10.0. The van der Waals surface area contributed by atoms with Gasteiger partial charge in [0.05, 0.1) is 5.92 Å². The van der Waals surface area contributed by atoms with Gasteiger partial charge >= 0.3 is 5.97 Å². The lowest BCUT2D eigenvalue weighted by Crippen LogP contribution is -2.13. The van der Waals surface area contributed by atoms with Gasteiger partial charge in [-0.3, -0.25) is 4.79 Å². The van der Waals surface area contributed by atoms with Gasteiger partial charge in [0.2, 0.25) is 0 Å². The minimum Gasteiger partial charge on any atom is -0.461 e. The van der Waals surface area contributed by atoms with Gasteiger partial charge in [0, 0.05) is 0 Å². The average molecular weight is 302 g/mol. The molecule has 0 aliphatic heterocycles. The molecule has 0 saturated carbocycles. The maximum Gasteiger partial charge on any atom is 0.313 e. The molecule has 0 spiro atoms. The molecule has 0 saturated heterocycles. The van der Waals surface area contributed by atoms with E-state index in [9.17, 15) is 4.79 Å². The van der Waals surface area contributed by atoms with Crippen LogP contribution in [0.3, 0.4) is 0 Å². The van der Waals surface area contributed by atoms with Crippen LogP contribution in [0.25, 0.3) is 0 Å². The molecule has 1 atom stereocenters. The fourth-order valence-electron chi connectivity index (χ4n) is 2.36. The fourth-order valence-corrected chi connectivity index (χ4v) is 2.36. The largest absolute Gasteiger partial charge is 0.461 e. The molecule has 2 heteroatoms. The van der Waals surface area contributed by atoms with Crippen LogP contribution >= 0.6 is 0 Å². The lowest BCUT2D eigenvalue weighted by Gasteiger charge is -2.10. The molecule has 0 N–H and O–H groups in total. The molecule has 0 aromatic heterocycles. The molecule has 0 radical (unpaired) electrons. The zero-order valence-corrected chi connectivity index (χ0v) is 14.1. The van der Waals surface area contributed by atoms with E-state index in [1.54, 1.807) is 0 Å². The van der Waals surface area contributed by atoms with Crippen molar-refractivity contribution in [3.05, 3.63) is 48.0 Å². The van der Waals surface area contributed by atoms with Gasteiger partial charge in [-0.1, -0.05) is 81.5 Å². The summed E-state index contributed by atoms with van der Waals surface area (Å²) < 4.78 is 5.29. The van der Waals surface area contributed by atoms with E-state index in [0.717, 1.165) is 12.0 Å². The van der Waals surface area contributed by atoms with Crippen LogP contribution in [0, 0.1) is 0 Å². The highest BCUT2D eigenvalue weighted by molar-refractivity contribution is 5.77. The van der Waals surface area contributed by atoms with Gasteiger partial charge in [0.15, 0.2) is 0 Å². The maximum absolute atomic E-state index is 11.9. The summed E-state index contributed by atoms with van der Waals surface area (Å²) in [4.78, 5) is 11.9. The summed E-state index contributed by atoms with van der Waals surface area (Å²) in [6.07, 6.45) is 13.0. The Balaban J connectivity index is 2.08. The SMILES string of the molecule is CCCCCCCC/C=C/COC(=O)C(C)c1ccccc1. The number of carbonyl (C=O) groups excluding carboxylic acids is 1. The molecule has 0 bridgehead atoms. The highest BCUT2D eigenvalue weighted by atomic mass is 16.5. The first-order valence-electron chi connectivity index (χ1n) is 8.62. The number of ether oxygens (including phenoxy) is 1. The average Bonchev–Trinajstić information content (AvgIpc) is 2.56. The van der Waals surface area contributed by atoms with Gasteiger partial charge in [0.25, 0.3) is 0 Å². The first-order valence-corrected chi connectivity index (χ1v) is 8.62. The van der Waals surface area contributed by atoms with E-state index >= 15 is 0 Å². The number of rotatable bonds is 11. The van der Waals surface area contributed by atoms with Crippen molar-refractivity contribution < 1.29 is 9.53 Å². The van der Waals surface area contributed by atoms with Crippen LogP contribution in [0.15, 0.2) is 42.5 Å². The summed E-state index contributed by atoms with van der Waals surface area (Å²) in [5.74, 6) is -0.358. The van der Waals surface area contributed by atoms with Crippen molar-refractivity contribution in [3.63, 3.8) is 0 Å². The van der Waals surface area contributed by atoms with E-state index in [1.165, 1.54) is 38.5 Å². The number of hydrogen-bond donors (Lipinski definition) is 0. The molecule has 1 rings (SSSR count). The summed E-state index contributed by atoms with van der Waals surface area (Å²) in [7, 11) is 0. The standard InChI is InChI=1S/C20H30O2/c1-3-4-5-6-7-8-9-10-14-17-22-20(21)18(2)19-15-12-11-13-16-19/h10-16,18H,3-9,17H2,1-2H3/b14-10+. The number of esters is 1. The second kappa shape index (κ2) is 12.0. The zero-order chi connectivity index (χ0) is 16.0. The maximum atomic E-state index is 11.9. The Morgan fingerprint density at radius 3 is 2.45 bits per heavy atom. The van der Waals surface area contributed by atoms with Gasteiger partial charge in [-0.15, -0.1) is 0 Å². The second-order valence-corrected chi connectivity index (χ2v) is 5.79. The van der Waals surface area contributed by atoms with Gasteiger partial charge < -0.3 is 4.74 Å². The molecule has 0 heterocycles. The Hall–Kier alpha value is -1.57. The molecule has 0 amide bonds. The molecule has 22 heavy (non-hydrogen) atoms. The van der Waals surface area contributed by atoms with Gasteiger partial charge in [-0.05, 0) is 25.3 Å². The van der Waals surface area contributed by atoms with Crippen LogP contribution in [-0.4, -0.2) is 12.6 Å². The summed E-state index contributed by atoms with van der Waals surface area (Å²) in [6.45, 7) is 4.51. The van der Waals surface area contributed by atoms with Crippen LogP contribution in [0.1, 0.15) is 70.3 Å². The smallest absolute Gasteiger partial charge is 0.313 e. The fraction of sp³-hybridized carbons (Fsp3) is 0.550. The van der Waals surface area contributed by atoms with Gasteiger partial charge in [-0.2, -0.15) is 0 Å². The van der Waals surface area contributed by atoms with E-state index in [0.29, 0.717) is 6.61 Å². The summed E-state index contributed by atoms with van der Waals surface area (Å²) in [6, 6.07) is 9.76. The monoisotopic (exact) mass is 302 g/mol.